The van der Waals surface area contributed by atoms with Crippen molar-refractivity contribution >= 4 is 21.9 Å². The van der Waals surface area contributed by atoms with Crippen LogP contribution in [0.15, 0.2) is 33.3 Å². The molecule has 0 aliphatic carbocycles. The van der Waals surface area contributed by atoms with E-state index in [0.29, 0.717) is 15.9 Å². The molecule has 1 aromatic heterocycles. The van der Waals surface area contributed by atoms with E-state index in [0.717, 1.165) is 0 Å². The highest BCUT2D eigenvalue weighted by molar-refractivity contribution is 9.10. The molecule has 2 aromatic rings. The third kappa shape index (κ3) is 2.70. The van der Waals surface area contributed by atoms with Crippen molar-refractivity contribution in [2.75, 3.05) is 0 Å². The van der Waals surface area contributed by atoms with Crippen molar-refractivity contribution in [3.05, 3.63) is 45.8 Å². The zero-order chi connectivity index (χ0) is 13.1. The number of para-hydroxylation sites is 1. The lowest BCUT2D eigenvalue weighted by atomic mass is 10.2. The van der Waals surface area contributed by atoms with Gasteiger partial charge in [0.2, 0.25) is 0 Å². The summed E-state index contributed by atoms with van der Waals surface area (Å²) in [6.07, 6.45) is 0. The van der Waals surface area contributed by atoms with Crippen LogP contribution in [-0.4, -0.2) is 16.2 Å². The lowest BCUT2D eigenvalue weighted by Crippen LogP contribution is -2.04. The van der Waals surface area contributed by atoms with Gasteiger partial charge >= 0.3 is 5.97 Å². The Morgan fingerprint density at radius 3 is 2.94 bits per heavy atom. The molecule has 2 rings (SSSR count). The molecule has 0 aliphatic rings. The van der Waals surface area contributed by atoms with Crippen LogP contribution < -0.4 is 4.74 Å². The number of aromatic nitrogens is 1. The second-order valence-corrected chi connectivity index (χ2v) is 4.49. The predicted molar refractivity (Wildman–Crippen MR) is 66.7 cm³/mol. The van der Waals surface area contributed by atoms with Crippen LogP contribution in [-0.2, 0) is 6.61 Å². The van der Waals surface area contributed by atoms with E-state index in [1.165, 1.54) is 6.07 Å². The summed E-state index contributed by atoms with van der Waals surface area (Å²) in [5.41, 5.74) is 0.712. The standard InChI is InChI=1S/C12H10BrNO4/c1-7-5-8(14-18-7)6-17-11-9(12(15)16)3-2-4-10(11)13/h2-5H,6H2,1H3,(H,15,16). The van der Waals surface area contributed by atoms with Gasteiger partial charge in [-0.3, -0.25) is 0 Å². The van der Waals surface area contributed by atoms with Gasteiger partial charge in [-0.1, -0.05) is 11.2 Å². The quantitative estimate of drug-likeness (QED) is 0.939. The van der Waals surface area contributed by atoms with Gasteiger partial charge < -0.3 is 14.4 Å². The van der Waals surface area contributed by atoms with Crippen LogP contribution in [0.5, 0.6) is 5.75 Å². The number of nitrogens with zero attached hydrogens (tertiary/aromatic N) is 1. The number of benzene rings is 1. The largest absolute Gasteiger partial charge is 0.485 e. The Kier molecular flexibility index (Phi) is 3.66. The van der Waals surface area contributed by atoms with Crippen LogP contribution in [0.1, 0.15) is 21.8 Å². The van der Waals surface area contributed by atoms with E-state index >= 15 is 0 Å². The smallest absolute Gasteiger partial charge is 0.339 e. The first kappa shape index (κ1) is 12.6. The number of hydrogen-bond donors (Lipinski definition) is 1. The molecule has 18 heavy (non-hydrogen) atoms. The van der Waals surface area contributed by atoms with Gasteiger partial charge in [0.1, 0.15) is 29.4 Å². The molecule has 1 aromatic carbocycles. The van der Waals surface area contributed by atoms with Gasteiger partial charge in [0, 0.05) is 6.07 Å². The van der Waals surface area contributed by atoms with Gasteiger partial charge in [0.05, 0.1) is 4.47 Å². The molecule has 5 nitrogen and oxygen atoms in total. The minimum Gasteiger partial charge on any atom is -0.485 e. The number of ether oxygens (including phenoxy) is 1. The molecule has 0 aliphatic heterocycles. The molecule has 0 saturated heterocycles. The Bertz CT molecular complexity index is 579. The van der Waals surface area contributed by atoms with Gasteiger partial charge in [-0.05, 0) is 35.0 Å². The van der Waals surface area contributed by atoms with Crippen LogP contribution in [0.4, 0.5) is 0 Å². The van der Waals surface area contributed by atoms with Crippen LogP contribution in [0.3, 0.4) is 0 Å². The molecule has 0 unspecified atom stereocenters. The van der Waals surface area contributed by atoms with Gasteiger partial charge in [0.25, 0.3) is 0 Å². The number of hydrogen-bond acceptors (Lipinski definition) is 4. The third-order valence-electron chi connectivity index (χ3n) is 2.24. The van der Waals surface area contributed by atoms with E-state index in [9.17, 15) is 4.79 Å². The molecular weight excluding hydrogens is 302 g/mol. The lowest BCUT2D eigenvalue weighted by Gasteiger charge is -2.09. The molecule has 94 valence electrons. The molecule has 0 fully saturated rings. The molecule has 0 atom stereocenters. The normalized spacial score (nSPS) is 10.3. The van der Waals surface area contributed by atoms with Crippen LogP contribution in [0, 0.1) is 6.92 Å². The fourth-order valence-electron chi connectivity index (χ4n) is 1.46. The Morgan fingerprint density at radius 2 is 2.33 bits per heavy atom. The zero-order valence-corrected chi connectivity index (χ0v) is 11.1. The predicted octanol–water partition coefficient (Wildman–Crippen LogP) is 3.02. The summed E-state index contributed by atoms with van der Waals surface area (Å²) < 4.78 is 11.0. The number of carboxylic acids is 1. The molecule has 0 amide bonds. The van der Waals surface area contributed by atoms with Gasteiger partial charge in [-0.15, -0.1) is 0 Å². The van der Waals surface area contributed by atoms with E-state index in [1.54, 1.807) is 25.1 Å². The Balaban J connectivity index is 2.20. The molecule has 0 radical (unpaired) electrons. The molecule has 6 heteroatoms. The minimum atomic E-state index is -1.04. The summed E-state index contributed by atoms with van der Waals surface area (Å²) in [5, 5.41) is 12.8. The van der Waals surface area contributed by atoms with Crippen molar-refractivity contribution in [1.82, 2.24) is 5.16 Å². The van der Waals surface area contributed by atoms with E-state index in [4.69, 9.17) is 14.4 Å². The maximum absolute atomic E-state index is 11.1. The number of aryl methyl sites for hydroxylation is 1. The van der Waals surface area contributed by atoms with Gasteiger partial charge in [-0.2, -0.15) is 0 Å². The average Bonchev–Trinajstić information content (AvgIpc) is 2.73. The number of rotatable bonds is 4. The lowest BCUT2D eigenvalue weighted by molar-refractivity contribution is 0.0691. The van der Waals surface area contributed by atoms with Crippen molar-refractivity contribution in [2.45, 2.75) is 13.5 Å². The summed E-state index contributed by atoms with van der Waals surface area (Å²) in [5.74, 6) is -0.0764. The fourth-order valence-corrected chi connectivity index (χ4v) is 1.94. The molecule has 0 spiro atoms. The SMILES string of the molecule is Cc1cc(COc2c(Br)cccc2C(=O)O)no1. The number of halogens is 1. The fraction of sp³-hybridized carbons (Fsp3) is 0.167. The minimum absolute atomic E-state index is 0.101. The summed E-state index contributed by atoms with van der Waals surface area (Å²) in [7, 11) is 0. The molecule has 1 N–H and O–H groups in total. The molecular formula is C12H10BrNO4. The Morgan fingerprint density at radius 1 is 1.56 bits per heavy atom. The second-order valence-electron chi connectivity index (χ2n) is 3.64. The van der Waals surface area contributed by atoms with E-state index < -0.39 is 5.97 Å². The number of aromatic carboxylic acids is 1. The average molecular weight is 312 g/mol. The summed E-state index contributed by atoms with van der Waals surface area (Å²) in [4.78, 5) is 11.1. The summed E-state index contributed by atoms with van der Waals surface area (Å²) in [6.45, 7) is 1.93. The first-order valence-corrected chi connectivity index (χ1v) is 5.94. The van der Waals surface area contributed by atoms with Crippen molar-refractivity contribution in [3.8, 4) is 5.75 Å². The molecule has 0 saturated carbocycles. The van der Waals surface area contributed by atoms with Crippen LogP contribution in [0.2, 0.25) is 0 Å². The highest BCUT2D eigenvalue weighted by atomic mass is 79.9. The van der Waals surface area contributed by atoms with Crippen molar-refractivity contribution in [2.24, 2.45) is 0 Å². The second kappa shape index (κ2) is 5.22. The van der Waals surface area contributed by atoms with Crippen molar-refractivity contribution in [3.63, 3.8) is 0 Å². The first-order chi connectivity index (χ1) is 8.58. The number of carboxylic acid groups (broad SMARTS) is 1. The summed E-state index contributed by atoms with van der Waals surface area (Å²) in [6, 6.07) is 6.57. The van der Waals surface area contributed by atoms with Crippen LogP contribution >= 0.6 is 15.9 Å². The van der Waals surface area contributed by atoms with Gasteiger partial charge in [0.15, 0.2) is 0 Å². The maximum atomic E-state index is 11.1. The van der Waals surface area contributed by atoms with Gasteiger partial charge in [-0.25, -0.2) is 4.79 Å². The summed E-state index contributed by atoms with van der Waals surface area (Å²) >= 11 is 3.26. The monoisotopic (exact) mass is 311 g/mol. The van der Waals surface area contributed by atoms with E-state index in [-0.39, 0.29) is 17.9 Å². The zero-order valence-electron chi connectivity index (χ0n) is 9.51. The van der Waals surface area contributed by atoms with Crippen molar-refractivity contribution in [1.29, 1.82) is 0 Å². The van der Waals surface area contributed by atoms with E-state index in [2.05, 4.69) is 21.1 Å². The first-order valence-electron chi connectivity index (χ1n) is 5.14. The molecule has 1 heterocycles. The Hall–Kier alpha value is -1.82. The topological polar surface area (TPSA) is 72.6 Å². The highest BCUT2D eigenvalue weighted by Crippen LogP contribution is 2.29. The molecule has 0 bridgehead atoms. The number of carbonyl (C=O) groups is 1. The van der Waals surface area contributed by atoms with E-state index in [1.807, 2.05) is 0 Å². The van der Waals surface area contributed by atoms with Crippen molar-refractivity contribution < 1.29 is 19.2 Å². The maximum Gasteiger partial charge on any atom is 0.339 e. The highest BCUT2D eigenvalue weighted by Gasteiger charge is 2.14. The third-order valence-corrected chi connectivity index (χ3v) is 2.86. The Labute approximate surface area is 111 Å². The van der Waals surface area contributed by atoms with Crippen LogP contribution in [0.25, 0.3) is 0 Å².